The zero-order valence-electron chi connectivity index (χ0n) is 11.3. The van der Waals surface area contributed by atoms with Crippen molar-refractivity contribution in [2.45, 2.75) is 25.8 Å². The van der Waals surface area contributed by atoms with Crippen molar-refractivity contribution in [3.8, 4) is 5.75 Å². The van der Waals surface area contributed by atoms with E-state index in [2.05, 4.69) is 10.6 Å². The number of methoxy groups -OCH3 is 1. The number of urea groups is 1. The molecule has 0 heterocycles. The van der Waals surface area contributed by atoms with Crippen LogP contribution in [0.15, 0.2) is 18.2 Å². The van der Waals surface area contributed by atoms with Crippen LogP contribution in [0.4, 0.5) is 14.9 Å². The third-order valence-corrected chi connectivity index (χ3v) is 2.59. The Morgan fingerprint density at radius 3 is 2.70 bits per heavy atom. The Morgan fingerprint density at radius 1 is 1.45 bits per heavy atom. The summed E-state index contributed by atoms with van der Waals surface area (Å²) in [6.07, 6.45) is 0.945. The van der Waals surface area contributed by atoms with Crippen LogP contribution in [0.5, 0.6) is 5.75 Å². The number of rotatable bonds is 6. The van der Waals surface area contributed by atoms with Crippen LogP contribution in [-0.4, -0.2) is 30.3 Å². The Labute approximate surface area is 115 Å². The van der Waals surface area contributed by atoms with E-state index < -0.39 is 23.9 Å². The maximum atomic E-state index is 13.0. The molecule has 0 spiro atoms. The molecule has 110 valence electrons. The quantitative estimate of drug-likeness (QED) is 0.747. The number of carboxylic acids is 1. The fraction of sp³-hybridized carbons (Fsp3) is 0.385. The first-order valence-corrected chi connectivity index (χ1v) is 6.11. The monoisotopic (exact) mass is 284 g/mol. The maximum absolute atomic E-state index is 13.0. The van der Waals surface area contributed by atoms with Gasteiger partial charge in [-0.1, -0.05) is 13.3 Å². The van der Waals surface area contributed by atoms with E-state index in [1.165, 1.54) is 19.2 Å². The van der Waals surface area contributed by atoms with Gasteiger partial charge < -0.3 is 20.5 Å². The Bertz CT molecular complexity index is 493. The average molecular weight is 284 g/mol. The summed E-state index contributed by atoms with van der Waals surface area (Å²) < 4.78 is 17.9. The van der Waals surface area contributed by atoms with E-state index in [1.54, 1.807) is 0 Å². The van der Waals surface area contributed by atoms with Crippen molar-refractivity contribution in [1.82, 2.24) is 5.32 Å². The minimum absolute atomic E-state index is 0.155. The summed E-state index contributed by atoms with van der Waals surface area (Å²) in [5, 5.41) is 13.7. The van der Waals surface area contributed by atoms with Crippen molar-refractivity contribution < 1.29 is 23.8 Å². The number of hydrogen-bond donors (Lipinski definition) is 3. The second kappa shape index (κ2) is 7.32. The van der Waals surface area contributed by atoms with Crippen molar-refractivity contribution >= 4 is 17.7 Å². The van der Waals surface area contributed by atoms with Gasteiger partial charge in [-0.3, -0.25) is 0 Å². The maximum Gasteiger partial charge on any atom is 0.326 e. The molecule has 0 saturated carbocycles. The molecule has 0 bridgehead atoms. The molecule has 0 aliphatic carbocycles. The number of halogens is 1. The Balaban J connectivity index is 2.73. The molecule has 6 nitrogen and oxygen atoms in total. The standard InChI is InChI=1S/C13H17FN2O4/c1-3-4-10(12(17)18)16-13(19)15-9-6-5-8(14)7-11(9)20-2/h5-7,10H,3-4H2,1-2H3,(H,17,18)(H2,15,16,19)/t10-/m0/s1. The van der Waals surface area contributed by atoms with Crippen molar-refractivity contribution in [1.29, 1.82) is 0 Å². The summed E-state index contributed by atoms with van der Waals surface area (Å²) in [4.78, 5) is 22.6. The number of hydrogen-bond acceptors (Lipinski definition) is 3. The van der Waals surface area contributed by atoms with Crippen LogP contribution in [0.3, 0.4) is 0 Å². The molecule has 1 aromatic rings. The molecule has 1 rings (SSSR count). The van der Waals surface area contributed by atoms with E-state index in [9.17, 15) is 14.0 Å². The van der Waals surface area contributed by atoms with Gasteiger partial charge in [-0.05, 0) is 18.6 Å². The van der Waals surface area contributed by atoms with Crippen LogP contribution in [0.2, 0.25) is 0 Å². The predicted octanol–water partition coefficient (Wildman–Crippen LogP) is 2.21. The lowest BCUT2D eigenvalue weighted by Crippen LogP contribution is -2.42. The first-order chi connectivity index (χ1) is 9.47. The van der Waals surface area contributed by atoms with E-state index in [0.29, 0.717) is 12.8 Å². The molecule has 0 unspecified atom stereocenters. The number of aliphatic carboxylic acids is 1. The average Bonchev–Trinajstić information content (AvgIpc) is 2.40. The van der Waals surface area contributed by atoms with E-state index >= 15 is 0 Å². The number of carbonyl (C=O) groups is 2. The Morgan fingerprint density at radius 2 is 2.15 bits per heavy atom. The minimum Gasteiger partial charge on any atom is -0.494 e. The van der Waals surface area contributed by atoms with Gasteiger partial charge in [0.1, 0.15) is 17.6 Å². The topological polar surface area (TPSA) is 87.7 Å². The molecule has 20 heavy (non-hydrogen) atoms. The third-order valence-electron chi connectivity index (χ3n) is 2.59. The molecule has 0 aliphatic heterocycles. The molecule has 1 aromatic carbocycles. The van der Waals surface area contributed by atoms with Crippen LogP contribution >= 0.6 is 0 Å². The van der Waals surface area contributed by atoms with E-state index in [1.807, 2.05) is 6.92 Å². The largest absolute Gasteiger partial charge is 0.494 e. The number of benzene rings is 1. The van der Waals surface area contributed by atoms with Gasteiger partial charge in [0, 0.05) is 6.07 Å². The molecule has 7 heteroatoms. The zero-order chi connectivity index (χ0) is 15.1. The van der Waals surface area contributed by atoms with Gasteiger partial charge in [-0.2, -0.15) is 0 Å². The van der Waals surface area contributed by atoms with Gasteiger partial charge in [0.15, 0.2) is 0 Å². The van der Waals surface area contributed by atoms with Crippen molar-refractivity contribution in [3.63, 3.8) is 0 Å². The molecule has 0 aromatic heterocycles. The summed E-state index contributed by atoms with van der Waals surface area (Å²) >= 11 is 0. The molecule has 2 amide bonds. The lowest BCUT2D eigenvalue weighted by molar-refractivity contribution is -0.139. The second-order valence-electron chi connectivity index (χ2n) is 4.12. The molecular weight excluding hydrogens is 267 g/mol. The van der Waals surface area contributed by atoms with Crippen LogP contribution < -0.4 is 15.4 Å². The number of carboxylic acid groups (broad SMARTS) is 1. The number of amides is 2. The van der Waals surface area contributed by atoms with E-state index in [-0.39, 0.29) is 11.4 Å². The molecule has 0 fully saturated rings. The summed E-state index contributed by atoms with van der Waals surface area (Å²) in [6.45, 7) is 1.82. The van der Waals surface area contributed by atoms with Crippen molar-refractivity contribution in [2.75, 3.05) is 12.4 Å². The fourth-order valence-corrected chi connectivity index (χ4v) is 1.63. The molecule has 0 aliphatic rings. The lowest BCUT2D eigenvalue weighted by atomic mass is 10.2. The Kier molecular flexibility index (Phi) is 5.76. The van der Waals surface area contributed by atoms with E-state index in [0.717, 1.165) is 6.07 Å². The first kappa shape index (κ1) is 15.7. The second-order valence-corrected chi connectivity index (χ2v) is 4.12. The van der Waals surface area contributed by atoms with Gasteiger partial charge in [0.05, 0.1) is 12.8 Å². The molecule has 1 atom stereocenters. The van der Waals surface area contributed by atoms with Crippen molar-refractivity contribution in [3.05, 3.63) is 24.0 Å². The molecule has 0 saturated heterocycles. The number of anilines is 1. The van der Waals surface area contributed by atoms with Gasteiger partial charge >= 0.3 is 12.0 Å². The van der Waals surface area contributed by atoms with E-state index in [4.69, 9.17) is 9.84 Å². The number of nitrogens with one attached hydrogen (secondary N) is 2. The van der Waals surface area contributed by atoms with Crippen LogP contribution in [0.25, 0.3) is 0 Å². The summed E-state index contributed by atoms with van der Waals surface area (Å²) in [5.74, 6) is -1.45. The predicted molar refractivity (Wildman–Crippen MR) is 71.4 cm³/mol. The lowest BCUT2D eigenvalue weighted by Gasteiger charge is -2.15. The van der Waals surface area contributed by atoms with Crippen LogP contribution in [0.1, 0.15) is 19.8 Å². The molecular formula is C13H17FN2O4. The van der Waals surface area contributed by atoms with Crippen LogP contribution in [0, 0.1) is 5.82 Å². The molecule has 0 radical (unpaired) electrons. The van der Waals surface area contributed by atoms with Gasteiger partial charge in [-0.15, -0.1) is 0 Å². The van der Waals surface area contributed by atoms with Crippen LogP contribution in [-0.2, 0) is 4.79 Å². The summed E-state index contributed by atoms with van der Waals surface area (Å²) in [6, 6.07) is 1.97. The SMILES string of the molecule is CCC[C@H](NC(=O)Nc1ccc(F)cc1OC)C(=O)O. The fourth-order valence-electron chi connectivity index (χ4n) is 1.63. The smallest absolute Gasteiger partial charge is 0.326 e. The van der Waals surface area contributed by atoms with Crippen molar-refractivity contribution in [2.24, 2.45) is 0 Å². The molecule has 3 N–H and O–H groups in total. The number of ether oxygens (including phenoxy) is 1. The summed E-state index contributed by atoms with van der Waals surface area (Å²) in [5.41, 5.74) is 0.257. The van der Waals surface area contributed by atoms with Gasteiger partial charge in [0.2, 0.25) is 0 Å². The third kappa shape index (κ3) is 4.42. The highest BCUT2D eigenvalue weighted by Crippen LogP contribution is 2.24. The highest BCUT2D eigenvalue weighted by Gasteiger charge is 2.19. The number of carbonyl (C=O) groups excluding carboxylic acids is 1. The highest BCUT2D eigenvalue weighted by molar-refractivity contribution is 5.93. The zero-order valence-corrected chi connectivity index (χ0v) is 11.3. The van der Waals surface area contributed by atoms with Gasteiger partial charge in [-0.25, -0.2) is 14.0 Å². The summed E-state index contributed by atoms with van der Waals surface area (Å²) in [7, 11) is 1.34. The normalized spacial score (nSPS) is 11.6. The first-order valence-electron chi connectivity index (χ1n) is 6.11. The van der Waals surface area contributed by atoms with Gasteiger partial charge in [0.25, 0.3) is 0 Å². The Hall–Kier alpha value is -2.31. The highest BCUT2D eigenvalue weighted by atomic mass is 19.1. The minimum atomic E-state index is -1.10.